The van der Waals surface area contributed by atoms with Gasteiger partial charge in [0.25, 0.3) is 10.0 Å². The van der Waals surface area contributed by atoms with E-state index in [1.165, 1.54) is 0 Å². The molecule has 0 saturated carbocycles. The molecule has 0 radical (unpaired) electrons. The van der Waals surface area contributed by atoms with Gasteiger partial charge in [-0.3, -0.25) is 4.72 Å². The Morgan fingerprint density at radius 2 is 1.79 bits per heavy atom. The Labute approximate surface area is 140 Å². The van der Waals surface area contributed by atoms with Crippen LogP contribution in [0.25, 0.3) is 5.69 Å². The third-order valence-corrected chi connectivity index (χ3v) is 4.73. The van der Waals surface area contributed by atoms with Crippen LogP contribution in [0, 0.1) is 0 Å². The Hall–Kier alpha value is -2.80. The van der Waals surface area contributed by atoms with E-state index in [9.17, 15) is 8.42 Å². The lowest BCUT2D eigenvalue weighted by Crippen LogP contribution is -2.13. The molecule has 6 nitrogen and oxygen atoms in total. The van der Waals surface area contributed by atoms with Gasteiger partial charge in [-0.15, -0.1) is 0 Å². The predicted octanol–water partition coefficient (Wildman–Crippen LogP) is 3.07. The first-order chi connectivity index (χ1) is 11.6. The van der Waals surface area contributed by atoms with Crippen molar-refractivity contribution in [1.29, 1.82) is 0 Å². The number of nitrogens with zero attached hydrogens (tertiary/aromatic N) is 2. The van der Waals surface area contributed by atoms with Crippen molar-refractivity contribution < 1.29 is 13.2 Å². The molecule has 3 rings (SSSR count). The minimum absolute atomic E-state index is 0.187. The summed E-state index contributed by atoms with van der Waals surface area (Å²) < 4.78 is 34.4. The van der Waals surface area contributed by atoms with Gasteiger partial charge in [-0.2, -0.15) is 5.10 Å². The Morgan fingerprint density at radius 1 is 1.08 bits per heavy atom. The first-order valence-corrected chi connectivity index (χ1v) is 8.92. The van der Waals surface area contributed by atoms with E-state index in [0.717, 1.165) is 5.69 Å². The van der Waals surface area contributed by atoms with E-state index in [-0.39, 0.29) is 4.90 Å². The Balaban J connectivity index is 1.77. The smallest absolute Gasteiger partial charge is 0.261 e. The standard InChI is InChI=1S/C17H17N3O3S/c1-2-23-16-8-4-14(5-9-16)19-24(21,22)17-10-6-15(7-11-17)20-13-3-12-18-20/h3-13,19H,2H2,1H3. The zero-order valence-electron chi connectivity index (χ0n) is 13.1. The minimum atomic E-state index is -3.64. The summed E-state index contributed by atoms with van der Waals surface area (Å²) in [5, 5.41) is 4.11. The lowest BCUT2D eigenvalue weighted by atomic mass is 10.3. The van der Waals surface area contributed by atoms with E-state index >= 15 is 0 Å². The van der Waals surface area contributed by atoms with Crippen molar-refractivity contribution in [1.82, 2.24) is 9.78 Å². The van der Waals surface area contributed by atoms with Crippen molar-refractivity contribution in [2.24, 2.45) is 0 Å². The molecular weight excluding hydrogens is 326 g/mol. The molecule has 1 heterocycles. The van der Waals surface area contributed by atoms with Crippen LogP contribution < -0.4 is 9.46 Å². The van der Waals surface area contributed by atoms with Crippen LogP contribution in [-0.2, 0) is 10.0 Å². The maximum absolute atomic E-state index is 12.4. The van der Waals surface area contributed by atoms with Crippen LogP contribution in [0.5, 0.6) is 5.75 Å². The van der Waals surface area contributed by atoms with Crippen LogP contribution in [0.3, 0.4) is 0 Å². The number of sulfonamides is 1. The fraction of sp³-hybridized carbons (Fsp3) is 0.118. The SMILES string of the molecule is CCOc1ccc(NS(=O)(=O)c2ccc(-n3cccn3)cc2)cc1. The third-order valence-electron chi connectivity index (χ3n) is 3.33. The van der Waals surface area contributed by atoms with Gasteiger partial charge in [0.05, 0.1) is 17.2 Å². The van der Waals surface area contributed by atoms with Crippen LogP contribution in [0.4, 0.5) is 5.69 Å². The molecule has 1 aromatic heterocycles. The molecule has 124 valence electrons. The maximum Gasteiger partial charge on any atom is 0.261 e. The number of hydrogen-bond donors (Lipinski definition) is 1. The van der Waals surface area contributed by atoms with Gasteiger partial charge in [0.2, 0.25) is 0 Å². The van der Waals surface area contributed by atoms with Gasteiger partial charge >= 0.3 is 0 Å². The Bertz CT molecular complexity index is 887. The third kappa shape index (κ3) is 3.57. The molecule has 0 aliphatic rings. The second kappa shape index (κ2) is 6.76. The van der Waals surface area contributed by atoms with Crippen molar-refractivity contribution in [3.63, 3.8) is 0 Å². The zero-order valence-corrected chi connectivity index (χ0v) is 13.9. The largest absolute Gasteiger partial charge is 0.494 e. The summed E-state index contributed by atoms with van der Waals surface area (Å²) in [6, 6.07) is 15.1. The van der Waals surface area contributed by atoms with E-state index in [1.54, 1.807) is 71.7 Å². The number of hydrogen-bond acceptors (Lipinski definition) is 4. The highest BCUT2D eigenvalue weighted by Gasteiger charge is 2.14. The van der Waals surface area contributed by atoms with Crippen molar-refractivity contribution in [2.75, 3.05) is 11.3 Å². The van der Waals surface area contributed by atoms with E-state index in [1.807, 2.05) is 6.92 Å². The van der Waals surface area contributed by atoms with E-state index in [2.05, 4.69) is 9.82 Å². The summed E-state index contributed by atoms with van der Waals surface area (Å²) in [5.74, 6) is 0.698. The summed E-state index contributed by atoms with van der Waals surface area (Å²) >= 11 is 0. The number of anilines is 1. The van der Waals surface area contributed by atoms with E-state index in [4.69, 9.17) is 4.74 Å². The predicted molar refractivity (Wildman–Crippen MR) is 92.0 cm³/mol. The molecule has 0 spiro atoms. The monoisotopic (exact) mass is 343 g/mol. The summed E-state index contributed by atoms with van der Waals surface area (Å²) in [4.78, 5) is 0.187. The summed E-state index contributed by atoms with van der Waals surface area (Å²) in [5.41, 5.74) is 1.27. The molecule has 0 unspecified atom stereocenters. The molecule has 1 N–H and O–H groups in total. The first kappa shape index (κ1) is 16.1. The van der Waals surface area contributed by atoms with Crippen LogP contribution >= 0.6 is 0 Å². The van der Waals surface area contributed by atoms with Crippen molar-refractivity contribution in [3.05, 3.63) is 67.0 Å². The number of aromatic nitrogens is 2. The first-order valence-electron chi connectivity index (χ1n) is 7.44. The normalized spacial score (nSPS) is 11.2. The van der Waals surface area contributed by atoms with Gasteiger partial charge in [0.1, 0.15) is 5.75 Å². The zero-order chi connectivity index (χ0) is 17.0. The lowest BCUT2D eigenvalue weighted by molar-refractivity contribution is 0.340. The second-order valence-corrected chi connectivity index (χ2v) is 6.69. The van der Waals surface area contributed by atoms with Gasteiger partial charge in [0.15, 0.2) is 0 Å². The molecule has 0 amide bonds. The van der Waals surface area contributed by atoms with Gasteiger partial charge in [-0.1, -0.05) is 0 Å². The summed E-state index contributed by atoms with van der Waals surface area (Å²) in [6.45, 7) is 2.46. The maximum atomic E-state index is 12.4. The van der Waals surface area contributed by atoms with E-state index < -0.39 is 10.0 Å². The van der Waals surface area contributed by atoms with E-state index in [0.29, 0.717) is 18.0 Å². The Kier molecular flexibility index (Phi) is 4.52. The summed E-state index contributed by atoms with van der Waals surface area (Å²) in [6.07, 6.45) is 3.46. The molecule has 0 aliphatic carbocycles. The van der Waals surface area contributed by atoms with Crippen LogP contribution in [0.15, 0.2) is 71.9 Å². The number of benzene rings is 2. The molecule has 7 heteroatoms. The van der Waals surface area contributed by atoms with Crippen LogP contribution in [0.1, 0.15) is 6.92 Å². The molecule has 0 fully saturated rings. The average Bonchev–Trinajstić information content (AvgIpc) is 3.11. The highest BCUT2D eigenvalue weighted by molar-refractivity contribution is 7.92. The lowest BCUT2D eigenvalue weighted by Gasteiger charge is -2.10. The topological polar surface area (TPSA) is 73.2 Å². The van der Waals surface area contributed by atoms with Crippen molar-refractivity contribution >= 4 is 15.7 Å². The van der Waals surface area contributed by atoms with Gasteiger partial charge in [-0.05, 0) is 61.5 Å². The van der Waals surface area contributed by atoms with Gasteiger partial charge in [0, 0.05) is 18.1 Å². The Morgan fingerprint density at radius 3 is 2.38 bits per heavy atom. The highest BCUT2D eigenvalue weighted by atomic mass is 32.2. The fourth-order valence-electron chi connectivity index (χ4n) is 2.20. The highest BCUT2D eigenvalue weighted by Crippen LogP contribution is 2.20. The van der Waals surface area contributed by atoms with Gasteiger partial charge < -0.3 is 4.74 Å². The molecule has 0 saturated heterocycles. The number of ether oxygens (including phenoxy) is 1. The van der Waals surface area contributed by atoms with Crippen molar-refractivity contribution in [2.45, 2.75) is 11.8 Å². The van der Waals surface area contributed by atoms with Crippen LogP contribution in [-0.4, -0.2) is 24.8 Å². The number of nitrogens with one attached hydrogen (secondary N) is 1. The molecule has 0 bridgehead atoms. The fourth-order valence-corrected chi connectivity index (χ4v) is 3.26. The molecule has 24 heavy (non-hydrogen) atoms. The quantitative estimate of drug-likeness (QED) is 0.746. The summed E-state index contributed by atoms with van der Waals surface area (Å²) in [7, 11) is -3.64. The second-order valence-electron chi connectivity index (χ2n) is 5.01. The molecule has 0 atom stereocenters. The molecule has 2 aromatic carbocycles. The molecular formula is C17H17N3O3S. The minimum Gasteiger partial charge on any atom is -0.494 e. The van der Waals surface area contributed by atoms with Gasteiger partial charge in [-0.25, -0.2) is 13.1 Å². The van der Waals surface area contributed by atoms with Crippen molar-refractivity contribution in [3.8, 4) is 11.4 Å². The number of rotatable bonds is 6. The molecule has 0 aliphatic heterocycles. The van der Waals surface area contributed by atoms with Crippen LogP contribution in [0.2, 0.25) is 0 Å². The average molecular weight is 343 g/mol. The molecule has 3 aromatic rings.